The minimum absolute atomic E-state index is 0.134. The van der Waals surface area contributed by atoms with Gasteiger partial charge in [0.05, 0.1) is 0 Å². The van der Waals surface area contributed by atoms with Gasteiger partial charge in [0.25, 0.3) is 0 Å². The predicted octanol–water partition coefficient (Wildman–Crippen LogP) is 0.830. The van der Waals surface area contributed by atoms with E-state index >= 15 is 0 Å². The first-order valence-electron chi connectivity index (χ1n) is 5.19. The van der Waals surface area contributed by atoms with Gasteiger partial charge in [0.15, 0.2) is 0 Å². The summed E-state index contributed by atoms with van der Waals surface area (Å²) in [6, 6.07) is 6.02. The molecule has 1 fully saturated rings. The molecule has 1 aromatic rings. The Morgan fingerprint density at radius 3 is 2.28 bits per heavy atom. The van der Waals surface area contributed by atoms with Gasteiger partial charge in [0.1, 0.15) is 13.1 Å². The van der Waals surface area contributed by atoms with Crippen LogP contribution in [0.5, 0.6) is 0 Å². The number of hydrogen-bond acceptors (Lipinski definition) is 3. The van der Waals surface area contributed by atoms with E-state index in [1.165, 1.54) is 0 Å². The van der Waals surface area contributed by atoms with E-state index in [0.717, 1.165) is 4.90 Å². The fourth-order valence-electron chi connectivity index (χ4n) is 1.52. The molecule has 94 valence electrons. The Hall–Kier alpha value is -2.08. The van der Waals surface area contributed by atoms with Crippen molar-refractivity contribution < 1.29 is 14.4 Å². The molecule has 18 heavy (non-hydrogen) atoms. The van der Waals surface area contributed by atoms with E-state index in [2.05, 4.69) is 10.6 Å². The second-order valence-electron chi connectivity index (χ2n) is 3.76. The summed E-state index contributed by atoms with van der Waals surface area (Å²) in [5.74, 6) is -0.977. The fourth-order valence-corrected chi connectivity index (χ4v) is 1.64. The minimum atomic E-state index is -0.500. The number of urea groups is 1. The molecule has 2 N–H and O–H groups in total. The van der Waals surface area contributed by atoms with Crippen LogP contribution in [0.2, 0.25) is 5.02 Å². The number of nitrogens with one attached hydrogen (secondary N) is 2. The Morgan fingerprint density at radius 2 is 1.72 bits per heavy atom. The molecule has 1 heterocycles. The number of hydrogen-bond donors (Lipinski definition) is 2. The molecule has 0 unspecified atom stereocenters. The van der Waals surface area contributed by atoms with Gasteiger partial charge < -0.3 is 10.2 Å². The van der Waals surface area contributed by atoms with Crippen molar-refractivity contribution in [2.24, 2.45) is 0 Å². The van der Waals surface area contributed by atoms with Crippen LogP contribution in [-0.4, -0.2) is 35.8 Å². The van der Waals surface area contributed by atoms with E-state index in [9.17, 15) is 14.4 Å². The molecular formula is C11H10ClN3O3. The van der Waals surface area contributed by atoms with E-state index < -0.39 is 17.8 Å². The lowest BCUT2D eigenvalue weighted by molar-refractivity contribution is -0.134. The first-order chi connectivity index (χ1) is 8.54. The molecule has 0 saturated carbocycles. The maximum Gasteiger partial charge on any atom is 0.322 e. The van der Waals surface area contributed by atoms with Gasteiger partial charge in [0, 0.05) is 10.7 Å². The zero-order valence-corrected chi connectivity index (χ0v) is 10.0. The molecule has 0 bridgehead atoms. The largest absolute Gasteiger partial charge is 0.322 e. The summed E-state index contributed by atoms with van der Waals surface area (Å²) in [6.45, 7) is -0.268. The van der Waals surface area contributed by atoms with E-state index in [4.69, 9.17) is 11.6 Å². The normalized spacial score (nSPS) is 15.3. The van der Waals surface area contributed by atoms with Gasteiger partial charge >= 0.3 is 6.03 Å². The van der Waals surface area contributed by atoms with Crippen molar-refractivity contribution in [2.75, 3.05) is 18.4 Å². The number of imide groups is 1. The molecular weight excluding hydrogens is 258 g/mol. The summed E-state index contributed by atoms with van der Waals surface area (Å²) in [6.07, 6.45) is 0. The molecule has 0 aliphatic carbocycles. The molecule has 0 spiro atoms. The number of nitrogens with zero attached hydrogens (tertiary/aromatic N) is 1. The van der Waals surface area contributed by atoms with Crippen LogP contribution >= 0.6 is 11.6 Å². The lowest BCUT2D eigenvalue weighted by Crippen LogP contribution is -2.54. The molecule has 7 heteroatoms. The lowest BCUT2D eigenvalue weighted by atomic mass is 10.3. The summed E-state index contributed by atoms with van der Waals surface area (Å²) in [7, 11) is 0. The van der Waals surface area contributed by atoms with Gasteiger partial charge in [-0.25, -0.2) is 4.79 Å². The third kappa shape index (κ3) is 2.98. The van der Waals surface area contributed by atoms with Crippen molar-refractivity contribution in [1.82, 2.24) is 10.2 Å². The third-order valence-corrected chi connectivity index (χ3v) is 2.58. The van der Waals surface area contributed by atoms with Crippen LogP contribution in [0.3, 0.4) is 0 Å². The summed E-state index contributed by atoms with van der Waals surface area (Å²) < 4.78 is 0. The molecule has 1 saturated heterocycles. The standard InChI is InChI=1S/C11H10ClN3O3/c12-7-1-3-8(4-2-7)13-11(18)15-5-9(16)14-10(17)6-15/h1-4H,5-6H2,(H,13,18)(H,14,16,17). The highest BCUT2D eigenvalue weighted by molar-refractivity contribution is 6.30. The van der Waals surface area contributed by atoms with Crippen LogP contribution in [0.15, 0.2) is 24.3 Å². The molecule has 0 radical (unpaired) electrons. The fraction of sp³-hybridized carbons (Fsp3) is 0.182. The number of piperazine rings is 1. The number of carbonyl (C=O) groups is 3. The zero-order chi connectivity index (χ0) is 13.1. The maximum atomic E-state index is 11.8. The third-order valence-electron chi connectivity index (χ3n) is 2.33. The Kier molecular flexibility index (Phi) is 3.47. The van der Waals surface area contributed by atoms with Crippen molar-refractivity contribution in [3.8, 4) is 0 Å². The SMILES string of the molecule is O=C1CN(C(=O)Nc2ccc(Cl)cc2)CC(=O)N1. The molecule has 1 aliphatic rings. The Morgan fingerprint density at radius 1 is 1.17 bits per heavy atom. The summed E-state index contributed by atoms with van der Waals surface area (Å²) in [5.41, 5.74) is 0.544. The topological polar surface area (TPSA) is 78.5 Å². The van der Waals surface area contributed by atoms with Crippen LogP contribution in [0, 0.1) is 0 Å². The van der Waals surface area contributed by atoms with Crippen LogP contribution in [0.4, 0.5) is 10.5 Å². The van der Waals surface area contributed by atoms with E-state index in [-0.39, 0.29) is 13.1 Å². The van der Waals surface area contributed by atoms with Crippen LogP contribution in [0.1, 0.15) is 0 Å². The quantitative estimate of drug-likeness (QED) is 0.740. The first-order valence-corrected chi connectivity index (χ1v) is 5.56. The van der Waals surface area contributed by atoms with Crippen LogP contribution < -0.4 is 10.6 Å². The maximum absolute atomic E-state index is 11.8. The molecule has 6 nitrogen and oxygen atoms in total. The Labute approximate surface area is 108 Å². The van der Waals surface area contributed by atoms with Gasteiger partial charge in [-0.1, -0.05) is 11.6 Å². The molecule has 1 aliphatic heterocycles. The molecule has 0 aromatic heterocycles. The van der Waals surface area contributed by atoms with Crippen LogP contribution in [0.25, 0.3) is 0 Å². The number of halogens is 1. The van der Waals surface area contributed by atoms with E-state index in [1.807, 2.05) is 0 Å². The average Bonchev–Trinajstić information content (AvgIpc) is 2.31. The van der Waals surface area contributed by atoms with E-state index in [0.29, 0.717) is 10.7 Å². The number of amides is 4. The smallest absolute Gasteiger partial charge is 0.308 e. The number of benzene rings is 1. The van der Waals surface area contributed by atoms with Gasteiger partial charge in [-0.3, -0.25) is 14.9 Å². The van der Waals surface area contributed by atoms with Crippen LogP contribution in [-0.2, 0) is 9.59 Å². The average molecular weight is 268 g/mol. The first kappa shape index (κ1) is 12.4. The molecule has 4 amide bonds. The highest BCUT2D eigenvalue weighted by atomic mass is 35.5. The summed E-state index contributed by atoms with van der Waals surface area (Å²) >= 11 is 5.71. The van der Waals surface area contributed by atoms with Crippen molar-refractivity contribution in [1.29, 1.82) is 0 Å². The van der Waals surface area contributed by atoms with Gasteiger partial charge in [-0.15, -0.1) is 0 Å². The summed E-state index contributed by atoms with van der Waals surface area (Å²) in [4.78, 5) is 35.2. The van der Waals surface area contributed by atoms with Gasteiger partial charge in [0.2, 0.25) is 11.8 Å². The minimum Gasteiger partial charge on any atom is -0.308 e. The predicted molar refractivity (Wildman–Crippen MR) is 65.2 cm³/mol. The van der Waals surface area contributed by atoms with Crippen molar-refractivity contribution in [2.45, 2.75) is 0 Å². The number of rotatable bonds is 1. The highest BCUT2D eigenvalue weighted by Crippen LogP contribution is 2.14. The summed E-state index contributed by atoms with van der Waals surface area (Å²) in [5, 5.41) is 5.25. The zero-order valence-electron chi connectivity index (χ0n) is 9.27. The molecule has 1 aromatic carbocycles. The second kappa shape index (κ2) is 5.05. The van der Waals surface area contributed by atoms with E-state index in [1.54, 1.807) is 24.3 Å². The highest BCUT2D eigenvalue weighted by Gasteiger charge is 2.26. The Bertz CT molecular complexity index is 485. The lowest BCUT2D eigenvalue weighted by Gasteiger charge is -2.25. The number of carbonyl (C=O) groups excluding carboxylic acids is 3. The molecule has 0 atom stereocenters. The van der Waals surface area contributed by atoms with Crippen molar-refractivity contribution in [3.05, 3.63) is 29.3 Å². The van der Waals surface area contributed by atoms with Gasteiger partial charge in [-0.05, 0) is 24.3 Å². The van der Waals surface area contributed by atoms with Crippen molar-refractivity contribution in [3.63, 3.8) is 0 Å². The molecule has 2 rings (SSSR count). The number of anilines is 1. The Balaban J connectivity index is 2.01. The monoisotopic (exact) mass is 267 g/mol. The van der Waals surface area contributed by atoms with Gasteiger partial charge in [-0.2, -0.15) is 0 Å². The van der Waals surface area contributed by atoms with Crippen molar-refractivity contribution >= 4 is 35.1 Å². The second-order valence-corrected chi connectivity index (χ2v) is 4.20.